The van der Waals surface area contributed by atoms with Gasteiger partial charge < -0.3 is 10.6 Å². The summed E-state index contributed by atoms with van der Waals surface area (Å²) in [5.74, 6) is 0.473. The number of amides is 1. The van der Waals surface area contributed by atoms with Crippen LogP contribution in [0.25, 0.3) is 11.2 Å². The first kappa shape index (κ1) is 18.5. The lowest BCUT2D eigenvalue weighted by Crippen LogP contribution is -2.13. The Morgan fingerprint density at radius 3 is 2.83 bits per heavy atom. The summed E-state index contributed by atoms with van der Waals surface area (Å²) in [6.07, 6.45) is 4.94. The number of hydrogen-bond donors (Lipinski definition) is 3. The molecule has 0 bridgehead atoms. The van der Waals surface area contributed by atoms with Crippen LogP contribution in [-0.4, -0.2) is 31.1 Å². The molecule has 4 rings (SSSR count). The quantitative estimate of drug-likeness (QED) is 0.481. The Labute approximate surface area is 167 Å². The van der Waals surface area contributed by atoms with Crippen LogP contribution in [0.2, 0.25) is 0 Å². The summed E-state index contributed by atoms with van der Waals surface area (Å²) in [5, 5.41) is 13.3. The second-order valence-electron chi connectivity index (χ2n) is 6.97. The van der Waals surface area contributed by atoms with Crippen molar-refractivity contribution in [3.63, 3.8) is 0 Å². The van der Waals surface area contributed by atoms with Crippen LogP contribution in [0, 0.1) is 13.8 Å². The van der Waals surface area contributed by atoms with Crippen LogP contribution in [0.15, 0.2) is 48.9 Å². The molecule has 8 nitrogen and oxygen atoms in total. The van der Waals surface area contributed by atoms with Gasteiger partial charge in [0.1, 0.15) is 11.3 Å². The summed E-state index contributed by atoms with van der Waals surface area (Å²) in [4.78, 5) is 25.4. The van der Waals surface area contributed by atoms with E-state index in [1.54, 1.807) is 18.6 Å². The van der Waals surface area contributed by atoms with Gasteiger partial charge in [0.2, 0.25) is 0 Å². The minimum Gasteiger partial charge on any atom is -0.362 e. The molecule has 29 heavy (non-hydrogen) atoms. The largest absolute Gasteiger partial charge is 0.362 e. The molecule has 4 aromatic rings. The number of anilines is 2. The summed E-state index contributed by atoms with van der Waals surface area (Å²) in [7, 11) is 0. The maximum atomic E-state index is 12.5. The van der Waals surface area contributed by atoms with Crippen molar-refractivity contribution in [1.29, 1.82) is 0 Å². The van der Waals surface area contributed by atoms with Gasteiger partial charge in [-0.1, -0.05) is 12.1 Å². The third-order valence-corrected chi connectivity index (χ3v) is 4.58. The normalized spacial score (nSPS) is 12.0. The number of nitrogens with zero attached hydrogens (tertiary/aromatic N) is 4. The van der Waals surface area contributed by atoms with Gasteiger partial charge in [0.25, 0.3) is 5.91 Å². The molecule has 1 unspecified atom stereocenters. The minimum atomic E-state index is -0.189. The van der Waals surface area contributed by atoms with E-state index in [9.17, 15) is 4.79 Å². The zero-order valence-corrected chi connectivity index (χ0v) is 16.4. The monoisotopic (exact) mass is 387 g/mol. The van der Waals surface area contributed by atoms with Crippen LogP contribution in [-0.2, 0) is 0 Å². The molecule has 0 aliphatic rings. The number of aromatic nitrogens is 5. The van der Waals surface area contributed by atoms with Gasteiger partial charge in [-0.15, -0.1) is 0 Å². The number of fused-ring (bicyclic) bond motifs is 1. The Hall–Kier alpha value is -3.81. The fourth-order valence-electron chi connectivity index (χ4n) is 3.05. The zero-order valence-electron chi connectivity index (χ0n) is 16.4. The van der Waals surface area contributed by atoms with Crippen LogP contribution in [0.4, 0.5) is 11.5 Å². The number of aromatic amines is 1. The molecule has 8 heteroatoms. The Balaban J connectivity index is 1.49. The first-order valence-electron chi connectivity index (χ1n) is 9.27. The highest BCUT2D eigenvalue weighted by atomic mass is 16.1. The number of carbonyl (C=O) groups is 1. The smallest absolute Gasteiger partial charge is 0.257 e. The van der Waals surface area contributed by atoms with Crippen molar-refractivity contribution in [3.05, 3.63) is 71.3 Å². The zero-order chi connectivity index (χ0) is 20.4. The molecule has 1 amide bonds. The number of nitrogens with one attached hydrogen (secondary N) is 3. The van der Waals surface area contributed by atoms with Crippen molar-refractivity contribution in [2.45, 2.75) is 26.8 Å². The summed E-state index contributed by atoms with van der Waals surface area (Å²) in [6, 6.07) is 9.48. The van der Waals surface area contributed by atoms with E-state index in [4.69, 9.17) is 0 Å². The molecule has 1 atom stereocenters. The van der Waals surface area contributed by atoms with Gasteiger partial charge in [-0.3, -0.25) is 14.9 Å². The fraction of sp³-hybridized carbons (Fsp3) is 0.190. The molecule has 0 spiro atoms. The van der Waals surface area contributed by atoms with Crippen LogP contribution in [0.1, 0.15) is 40.1 Å². The maximum absolute atomic E-state index is 12.5. The second kappa shape index (κ2) is 7.67. The number of carbonyl (C=O) groups excluding carboxylic acids is 1. The molecule has 0 aliphatic heterocycles. The first-order valence-corrected chi connectivity index (χ1v) is 9.27. The number of H-pyrrole nitrogens is 1. The summed E-state index contributed by atoms with van der Waals surface area (Å²) in [6.45, 7) is 5.84. The van der Waals surface area contributed by atoms with Gasteiger partial charge in [0, 0.05) is 18.1 Å². The highest BCUT2D eigenvalue weighted by Crippen LogP contribution is 2.22. The molecule has 1 aromatic carbocycles. The van der Waals surface area contributed by atoms with Crippen LogP contribution >= 0.6 is 0 Å². The van der Waals surface area contributed by atoms with Crippen LogP contribution < -0.4 is 10.6 Å². The standard InChI is InChI=1S/C21H21N7O/c1-12-7-16(10-22-9-12)21(29)25-17-6-4-5-15(8-17)13(2)24-18-11-23-20-19(26-18)14(3)27-28-20/h4-11,13H,1-3H3,(H,24,26)(H,25,29)(H,23,27,28). The topological polar surface area (TPSA) is 108 Å². The van der Waals surface area contributed by atoms with E-state index in [0.29, 0.717) is 17.0 Å². The Morgan fingerprint density at radius 2 is 2.00 bits per heavy atom. The highest BCUT2D eigenvalue weighted by molar-refractivity contribution is 6.04. The average Bonchev–Trinajstić information content (AvgIpc) is 3.08. The van der Waals surface area contributed by atoms with E-state index in [-0.39, 0.29) is 11.9 Å². The number of rotatable bonds is 5. The van der Waals surface area contributed by atoms with Gasteiger partial charge in [0.05, 0.1) is 23.5 Å². The minimum absolute atomic E-state index is 0.0357. The highest BCUT2D eigenvalue weighted by Gasteiger charge is 2.12. The van der Waals surface area contributed by atoms with Crippen molar-refractivity contribution >= 4 is 28.6 Å². The second-order valence-corrected chi connectivity index (χ2v) is 6.97. The SMILES string of the molecule is Cc1cncc(C(=O)Nc2cccc(C(C)Nc3cnc4n[nH]c(C)c4n3)c2)c1. The van der Waals surface area contributed by atoms with Crippen LogP contribution in [0.5, 0.6) is 0 Å². The number of hydrogen-bond acceptors (Lipinski definition) is 6. The Kier molecular flexibility index (Phi) is 4.90. The third-order valence-electron chi connectivity index (χ3n) is 4.58. The van der Waals surface area contributed by atoms with Crippen molar-refractivity contribution in [1.82, 2.24) is 25.1 Å². The summed E-state index contributed by atoms with van der Waals surface area (Å²) < 4.78 is 0. The van der Waals surface area contributed by atoms with E-state index < -0.39 is 0 Å². The predicted octanol–water partition coefficient (Wildman–Crippen LogP) is 3.79. The molecule has 146 valence electrons. The van der Waals surface area contributed by atoms with Gasteiger partial charge in [-0.2, -0.15) is 5.10 Å². The molecular weight excluding hydrogens is 366 g/mol. The molecule has 0 saturated carbocycles. The molecule has 3 heterocycles. The van der Waals surface area contributed by atoms with Gasteiger partial charge in [0.15, 0.2) is 5.65 Å². The molecule has 3 aromatic heterocycles. The maximum Gasteiger partial charge on any atom is 0.257 e. The first-order chi connectivity index (χ1) is 14.0. The lowest BCUT2D eigenvalue weighted by atomic mass is 10.1. The fourth-order valence-corrected chi connectivity index (χ4v) is 3.05. The van der Waals surface area contributed by atoms with E-state index >= 15 is 0 Å². The summed E-state index contributed by atoms with van der Waals surface area (Å²) in [5.41, 5.74) is 5.41. The molecular formula is C21H21N7O. The molecule has 0 saturated heterocycles. The van der Waals surface area contributed by atoms with Crippen molar-refractivity contribution in [3.8, 4) is 0 Å². The Morgan fingerprint density at radius 1 is 1.14 bits per heavy atom. The van der Waals surface area contributed by atoms with Gasteiger partial charge >= 0.3 is 0 Å². The molecule has 0 fully saturated rings. The average molecular weight is 387 g/mol. The van der Waals surface area contributed by atoms with Gasteiger partial charge in [-0.25, -0.2) is 9.97 Å². The van der Waals surface area contributed by atoms with E-state index in [0.717, 1.165) is 28.0 Å². The van der Waals surface area contributed by atoms with Crippen molar-refractivity contribution in [2.24, 2.45) is 0 Å². The lowest BCUT2D eigenvalue weighted by Gasteiger charge is -2.16. The summed E-state index contributed by atoms with van der Waals surface area (Å²) >= 11 is 0. The van der Waals surface area contributed by atoms with E-state index in [2.05, 4.69) is 35.8 Å². The Bertz CT molecular complexity index is 1180. The van der Waals surface area contributed by atoms with E-state index in [1.807, 2.05) is 51.1 Å². The van der Waals surface area contributed by atoms with Crippen LogP contribution in [0.3, 0.4) is 0 Å². The molecule has 0 radical (unpaired) electrons. The number of pyridine rings is 1. The number of benzene rings is 1. The third kappa shape index (κ3) is 4.06. The van der Waals surface area contributed by atoms with E-state index in [1.165, 1.54) is 0 Å². The number of aryl methyl sites for hydroxylation is 2. The molecule has 0 aliphatic carbocycles. The predicted molar refractivity (Wildman–Crippen MR) is 112 cm³/mol. The van der Waals surface area contributed by atoms with Crippen molar-refractivity contribution in [2.75, 3.05) is 10.6 Å². The van der Waals surface area contributed by atoms with Crippen molar-refractivity contribution < 1.29 is 4.79 Å². The lowest BCUT2D eigenvalue weighted by molar-refractivity contribution is 0.102. The molecule has 3 N–H and O–H groups in total. The van der Waals surface area contributed by atoms with Gasteiger partial charge in [-0.05, 0) is 50.1 Å².